The SMILES string of the molecule is [2H]c1c([2H])c([2H])c2c(oc3c([2H])c([2H])c(-c4nc(-c5ccc(-c6cccc(-c7ccccc7)c6)cc5)nc(-c5c([2H])c([2H])c([2H])c6oc7c([2H])c([2H])c([2H])c([2H])c7c56)n4)c([2H])c32)c1[2H]. The van der Waals surface area contributed by atoms with E-state index in [1.54, 1.807) is 12.1 Å². The molecule has 0 fully saturated rings. The van der Waals surface area contributed by atoms with E-state index in [2.05, 4.69) is 4.98 Å². The topological polar surface area (TPSA) is 65.0 Å². The Morgan fingerprint density at radius 1 is 0.400 bits per heavy atom. The van der Waals surface area contributed by atoms with Gasteiger partial charge in [0.1, 0.15) is 22.3 Å². The first-order chi connectivity index (χ1) is 30.6. The predicted molar refractivity (Wildman–Crippen MR) is 202 cm³/mol. The molecule has 0 radical (unpaired) electrons. The van der Waals surface area contributed by atoms with Crippen LogP contribution >= 0.6 is 0 Å². The number of aromatic nitrogens is 3. The Hall–Kier alpha value is -6.85. The maximum Gasteiger partial charge on any atom is 0.164 e. The van der Waals surface area contributed by atoms with E-state index in [9.17, 15) is 2.74 Å². The third kappa shape index (κ3) is 4.75. The molecule has 0 N–H and O–H groups in total. The van der Waals surface area contributed by atoms with Gasteiger partial charge in [0.05, 0.1) is 19.2 Å². The summed E-state index contributed by atoms with van der Waals surface area (Å²) in [5, 5.41) is -0.743. The van der Waals surface area contributed by atoms with Crippen molar-refractivity contribution < 1.29 is 28.0 Å². The number of furan rings is 2. The molecule has 3 aromatic heterocycles. The van der Waals surface area contributed by atoms with Crippen LogP contribution in [0.3, 0.4) is 0 Å². The minimum atomic E-state index is -0.640. The standard InChI is InChI=1S/C45H27N3O2/c1-2-10-28(11-3-1)31-12-8-13-32(26-31)29-20-22-30(23-21-29)43-46-44(33-24-25-40-37(27-33)34-14-4-6-17-38(34)49-40)48-45(47-43)36-16-9-19-41-42(36)35-15-5-7-18-39(35)50-41/h1-27H/i4D,5D,6D,7D,9D,14D,15D,16D,17D,18D,19D,24D,25D,27D. The van der Waals surface area contributed by atoms with E-state index in [0.29, 0.717) is 5.56 Å². The van der Waals surface area contributed by atoms with Crippen molar-refractivity contribution in [2.75, 3.05) is 0 Å². The molecule has 0 bridgehead atoms. The molecule has 10 rings (SSSR count). The number of hydrogen-bond donors (Lipinski definition) is 0. The second-order valence-corrected chi connectivity index (χ2v) is 11.4. The van der Waals surface area contributed by atoms with Crippen LogP contribution in [0.15, 0.2) is 172 Å². The smallest absolute Gasteiger partial charge is 0.164 e. The quantitative estimate of drug-likeness (QED) is 0.185. The van der Waals surface area contributed by atoms with Crippen LogP contribution in [0.1, 0.15) is 19.2 Å². The molecule has 0 saturated carbocycles. The van der Waals surface area contributed by atoms with Gasteiger partial charge >= 0.3 is 0 Å². The van der Waals surface area contributed by atoms with E-state index in [1.807, 2.05) is 66.7 Å². The van der Waals surface area contributed by atoms with Gasteiger partial charge in [-0.2, -0.15) is 0 Å². The number of para-hydroxylation sites is 2. The molecule has 50 heavy (non-hydrogen) atoms. The molecule has 0 aliphatic heterocycles. The summed E-state index contributed by atoms with van der Waals surface area (Å²) in [6.45, 7) is 0. The van der Waals surface area contributed by atoms with Crippen molar-refractivity contribution in [3.05, 3.63) is 163 Å². The minimum Gasteiger partial charge on any atom is -0.456 e. The summed E-state index contributed by atoms with van der Waals surface area (Å²) in [6, 6.07) is 16.8. The maximum absolute atomic E-state index is 9.46. The molecule has 0 unspecified atom stereocenters. The molecule has 0 saturated heterocycles. The third-order valence-electron chi connectivity index (χ3n) is 8.36. The van der Waals surface area contributed by atoms with E-state index in [0.717, 1.165) is 22.3 Å². The van der Waals surface area contributed by atoms with Crippen LogP contribution in [0.5, 0.6) is 0 Å². The van der Waals surface area contributed by atoms with E-state index in [4.69, 9.17) is 35.3 Å². The molecule has 5 heteroatoms. The predicted octanol–water partition coefficient (Wildman–Crippen LogP) is 12.0. The highest BCUT2D eigenvalue weighted by Crippen LogP contribution is 2.38. The lowest BCUT2D eigenvalue weighted by molar-refractivity contribution is 0.668. The lowest BCUT2D eigenvalue weighted by Crippen LogP contribution is -2.00. The second kappa shape index (κ2) is 11.4. The first-order valence-corrected chi connectivity index (χ1v) is 15.5. The minimum absolute atomic E-state index is 0.0716. The van der Waals surface area contributed by atoms with Gasteiger partial charge in [0.25, 0.3) is 0 Å². The highest BCUT2D eigenvalue weighted by molar-refractivity contribution is 6.12. The van der Waals surface area contributed by atoms with Gasteiger partial charge in [0.15, 0.2) is 17.5 Å². The van der Waals surface area contributed by atoms with Crippen molar-refractivity contribution in [1.82, 2.24) is 15.0 Å². The Kier molecular flexibility index (Phi) is 3.99. The van der Waals surface area contributed by atoms with Crippen LogP contribution in [0.4, 0.5) is 0 Å². The van der Waals surface area contributed by atoms with Gasteiger partial charge in [0.2, 0.25) is 0 Å². The Labute approximate surface area is 306 Å². The second-order valence-electron chi connectivity index (χ2n) is 11.4. The highest BCUT2D eigenvalue weighted by atomic mass is 16.3. The molecule has 7 aromatic carbocycles. The van der Waals surface area contributed by atoms with E-state index < -0.39 is 84.6 Å². The zero-order valence-electron chi connectivity index (χ0n) is 39.7. The fourth-order valence-corrected chi connectivity index (χ4v) is 5.99. The van der Waals surface area contributed by atoms with Gasteiger partial charge in [0, 0.05) is 38.2 Å². The number of hydrogen-bond acceptors (Lipinski definition) is 5. The van der Waals surface area contributed by atoms with E-state index in [1.165, 1.54) is 0 Å². The molecule has 0 aliphatic rings. The Morgan fingerprint density at radius 3 is 1.78 bits per heavy atom. The van der Waals surface area contributed by atoms with Gasteiger partial charge in [-0.25, -0.2) is 15.0 Å². The van der Waals surface area contributed by atoms with Crippen LogP contribution in [-0.2, 0) is 0 Å². The molecule has 5 nitrogen and oxygen atoms in total. The summed E-state index contributed by atoms with van der Waals surface area (Å²) < 4.78 is 134. The number of rotatable bonds is 5. The first-order valence-electron chi connectivity index (χ1n) is 22.5. The van der Waals surface area contributed by atoms with Crippen LogP contribution < -0.4 is 0 Å². The average Bonchev–Trinajstić information content (AvgIpc) is 3.92. The zero-order valence-corrected chi connectivity index (χ0v) is 25.7. The molecule has 0 aliphatic carbocycles. The molecule has 0 spiro atoms. The zero-order chi connectivity index (χ0) is 45.2. The first kappa shape index (κ1) is 17.5. The molecule has 3 heterocycles. The van der Waals surface area contributed by atoms with Gasteiger partial charge < -0.3 is 8.83 Å². The summed E-state index contributed by atoms with van der Waals surface area (Å²) in [5.41, 5.74) is 2.20. The average molecular weight is 656 g/mol. The van der Waals surface area contributed by atoms with Gasteiger partial charge in [-0.3, -0.25) is 0 Å². The van der Waals surface area contributed by atoms with Gasteiger partial charge in [-0.05, 0) is 64.6 Å². The summed E-state index contributed by atoms with van der Waals surface area (Å²) in [4.78, 5) is 14.1. The molecule has 234 valence electrons. The largest absolute Gasteiger partial charge is 0.456 e. The monoisotopic (exact) mass is 655 g/mol. The fourth-order valence-electron chi connectivity index (χ4n) is 5.99. The van der Waals surface area contributed by atoms with Crippen molar-refractivity contribution in [2.24, 2.45) is 0 Å². The number of benzene rings is 7. The summed E-state index contributed by atoms with van der Waals surface area (Å²) in [5.74, 6) is -0.815. The fraction of sp³-hybridized carbons (Fsp3) is 0. The normalized spacial score (nSPS) is 15.5. The number of nitrogens with zero attached hydrogens (tertiary/aromatic N) is 3. The lowest BCUT2D eigenvalue weighted by atomic mass is 9.98. The van der Waals surface area contributed by atoms with Gasteiger partial charge in [-0.1, -0.05) is 121 Å². The maximum atomic E-state index is 9.46. The van der Waals surface area contributed by atoms with Gasteiger partial charge in [-0.15, -0.1) is 0 Å². The van der Waals surface area contributed by atoms with E-state index in [-0.39, 0.29) is 72.5 Å². The van der Waals surface area contributed by atoms with Crippen LogP contribution in [0.25, 0.3) is 100 Å². The van der Waals surface area contributed by atoms with Crippen molar-refractivity contribution in [1.29, 1.82) is 0 Å². The third-order valence-corrected chi connectivity index (χ3v) is 8.36. The van der Waals surface area contributed by atoms with Crippen LogP contribution in [-0.4, -0.2) is 15.0 Å². The number of fused-ring (bicyclic) bond motifs is 6. The van der Waals surface area contributed by atoms with E-state index >= 15 is 0 Å². The molecule has 0 amide bonds. The molecule has 10 aromatic rings. The van der Waals surface area contributed by atoms with Crippen molar-refractivity contribution in [2.45, 2.75) is 0 Å². The van der Waals surface area contributed by atoms with Crippen LogP contribution in [0.2, 0.25) is 0 Å². The van der Waals surface area contributed by atoms with Crippen molar-refractivity contribution in [3.8, 4) is 56.4 Å². The molecule has 0 atom stereocenters. The van der Waals surface area contributed by atoms with Crippen molar-refractivity contribution >= 4 is 43.9 Å². The Bertz CT molecular complexity index is 3670. The van der Waals surface area contributed by atoms with Crippen LogP contribution in [0, 0.1) is 0 Å². The molecular weight excluding hydrogens is 615 g/mol. The molecular formula is C45H27N3O2. The summed E-state index contributed by atoms with van der Waals surface area (Å²) in [7, 11) is 0. The highest BCUT2D eigenvalue weighted by Gasteiger charge is 2.18. The Morgan fingerprint density at radius 2 is 0.980 bits per heavy atom. The lowest BCUT2D eigenvalue weighted by Gasteiger charge is -2.10. The van der Waals surface area contributed by atoms with Crippen molar-refractivity contribution in [3.63, 3.8) is 0 Å². The Balaban J connectivity index is 1.27. The summed E-state index contributed by atoms with van der Waals surface area (Å²) in [6.07, 6.45) is 0. The summed E-state index contributed by atoms with van der Waals surface area (Å²) >= 11 is 0.